The normalized spacial score (nSPS) is 11.2. The molecule has 1 aliphatic rings. The van der Waals surface area contributed by atoms with Crippen molar-refractivity contribution in [1.29, 1.82) is 0 Å². The molecule has 0 saturated heterocycles. The van der Waals surface area contributed by atoms with E-state index < -0.39 is 30.4 Å². The van der Waals surface area contributed by atoms with Crippen molar-refractivity contribution >= 4 is 36.2 Å². The lowest BCUT2D eigenvalue weighted by Gasteiger charge is -2.19. The Morgan fingerprint density at radius 1 is 0.767 bits per heavy atom. The van der Waals surface area contributed by atoms with E-state index in [9.17, 15) is 19.8 Å². The van der Waals surface area contributed by atoms with Gasteiger partial charge in [-0.2, -0.15) is 0 Å². The van der Waals surface area contributed by atoms with E-state index in [0.29, 0.717) is 0 Å². The monoisotopic (exact) mass is 429 g/mol. The summed E-state index contributed by atoms with van der Waals surface area (Å²) in [7, 11) is -2.17. The fourth-order valence-corrected chi connectivity index (χ4v) is 2.88. The highest BCUT2D eigenvalue weighted by Gasteiger charge is 2.35. The molecule has 154 valence electrons. The number of hydrogen-bond donors (Lipinski definition) is 6. The number of phenolic OH excluding ortho intramolecular Hbond substituents is 2. The van der Waals surface area contributed by atoms with Gasteiger partial charge in [0.15, 0.2) is 11.6 Å². The van der Waals surface area contributed by atoms with E-state index in [0.717, 1.165) is 11.8 Å². The van der Waals surface area contributed by atoms with Crippen molar-refractivity contribution in [3.05, 3.63) is 87.9 Å². The fraction of sp³-hybridized carbons (Fsp3) is 0. The van der Waals surface area contributed by atoms with Gasteiger partial charge in [0.2, 0.25) is 0 Å². The number of carbonyl (C=O) groups is 2. The van der Waals surface area contributed by atoms with Crippen molar-refractivity contribution in [3.8, 4) is 11.5 Å². The molecule has 30 heavy (non-hydrogen) atoms. The first-order chi connectivity index (χ1) is 14.1. The lowest BCUT2D eigenvalue weighted by atomic mass is 9.83. The third kappa shape index (κ3) is 5.16. The van der Waals surface area contributed by atoms with E-state index in [2.05, 4.69) is 0 Å². The molecule has 0 bridgehead atoms. The van der Waals surface area contributed by atoms with Crippen molar-refractivity contribution in [2.75, 3.05) is 5.73 Å². The molecule has 4 rings (SSSR count). The van der Waals surface area contributed by atoms with Crippen LogP contribution >= 0.6 is 11.6 Å². The van der Waals surface area contributed by atoms with Gasteiger partial charge in [0.1, 0.15) is 11.5 Å². The average Bonchev–Trinajstić information content (AvgIpc) is 2.69. The molecule has 0 atom stereocenters. The lowest BCUT2D eigenvalue weighted by Crippen LogP contribution is -2.21. The van der Waals surface area contributed by atoms with Gasteiger partial charge in [-0.05, 0) is 12.1 Å². The van der Waals surface area contributed by atoms with Crippen molar-refractivity contribution in [2.24, 2.45) is 0 Å². The van der Waals surface area contributed by atoms with Gasteiger partial charge >= 0.3 is 7.32 Å². The molecule has 0 unspecified atom stereocenters. The zero-order valence-corrected chi connectivity index (χ0v) is 16.1. The number of hydrogen-bond acceptors (Lipinski definition) is 8. The number of halogens is 1. The molecule has 0 aliphatic heterocycles. The lowest BCUT2D eigenvalue weighted by molar-refractivity contribution is 0.0974. The highest BCUT2D eigenvalue weighted by molar-refractivity contribution is 6.36. The standard InChI is InChI=1S/C14H7ClO4.C6H7N.BH3O3/c15-8-5-9(16)10-11(14(8)19)13(18)7-4-2-1-3-6(7)12(10)17;7-6-4-2-1-3-5-6;2-1(3)4/h1-5,16,19H;1-5H,7H2;2-4H. The van der Waals surface area contributed by atoms with E-state index in [-0.39, 0.29) is 27.3 Å². The Bertz CT molecular complexity index is 1070. The number of anilines is 1. The van der Waals surface area contributed by atoms with Crippen LogP contribution in [0.5, 0.6) is 11.5 Å². The Morgan fingerprint density at radius 2 is 1.20 bits per heavy atom. The summed E-state index contributed by atoms with van der Waals surface area (Å²) >= 11 is 5.72. The number of rotatable bonds is 0. The molecule has 1 aliphatic carbocycles. The van der Waals surface area contributed by atoms with Gasteiger partial charge in [-0.3, -0.25) is 9.59 Å². The predicted octanol–water partition coefficient (Wildman–Crippen LogP) is 1.74. The van der Waals surface area contributed by atoms with E-state index in [1.54, 1.807) is 12.1 Å². The molecule has 0 spiro atoms. The van der Waals surface area contributed by atoms with E-state index in [1.807, 2.05) is 30.3 Å². The highest BCUT2D eigenvalue weighted by atomic mass is 35.5. The Morgan fingerprint density at radius 3 is 1.63 bits per heavy atom. The molecule has 7 N–H and O–H groups in total. The van der Waals surface area contributed by atoms with Gasteiger partial charge in [-0.15, -0.1) is 0 Å². The van der Waals surface area contributed by atoms with Gasteiger partial charge in [-0.25, -0.2) is 0 Å². The second kappa shape index (κ2) is 9.90. The summed E-state index contributed by atoms with van der Waals surface area (Å²) in [4.78, 5) is 24.6. The summed E-state index contributed by atoms with van der Waals surface area (Å²) < 4.78 is 0. The molecule has 3 aromatic carbocycles. The maximum absolute atomic E-state index is 12.3. The van der Waals surface area contributed by atoms with E-state index >= 15 is 0 Å². The quantitative estimate of drug-likeness (QED) is 0.140. The van der Waals surface area contributed by atoms with Crippen LogP contribution in [0.2, 0.25) is 5.02 Å². The highest BCUT2D eigenvalue weighted by Crippen LogP contribution is 2.41. The van der Waals surface area contributed by atoms with Crippen LogP contribution in [0.3, 0.4) is 0 Å². The van der Waals surface area contributed by atoms with E-state index in [1.165, 1.54) is 12.1 Å². The number of para-hydroxylation sites is 1. The summed E-state index contributed by atoms with van der Waals surface area (Å²) in [6.07, 6.45) is 0. The number of nitrogens with two attached hydrogens (primary N) is 1. The van der Waals surface area contributed by atoms with Crippen LogP contribution in [0, 0.1) is 0 Å². The van der Waals surface area contributed by atoms with Gasteiger partial charge in [0.25, 0.3) is 0 Å². The molecule has 0 saturated carbocycles. The first kappa shape index (κ1) is 22.9. The Labute approximate surface area is 176 Å². The van der Waals surface area contributed by atoms with Crippen LogP contribution in [0.15, 0.2) is 60.7 Å². The Kier molecular flexibility index (Phi) is 7.57. The summed E-state index contributed by atoms with van der Waals surface area (Å²) in [5.74, 6) is -1.93. The van der Waals surface area contributed by atoms with Crippen LogP contribution < -0.4 is 5.73 Å². The maximum Gasteiger partial charge on any atom is 0.631 e. The zero-order valence-electron chi connectivity index (χ0n) is 15.4. The molecular weight excluding hydrogens is 412 g/mol. The molecular formula is C20H17BClNO7. The maximum atomic E-state index is 12.3. The first-order valence-corrected chi connectivity index (χ1v) is 8.80. The molecule has 10 heteroatoms. The number of fused-ring (bicyclic) bond motifs is 2. The van der Waals surface area contributed by atoms with Crippen molar-refractivity contribution in [1.82, 2.24) is 0 Å². The number of ketones is 2. The number of benzene rings is 3. The number of aromatic hydroxyl groups is 2. The van der Waals surface area contributed by atoms with Crippen LogP contribution in [0.25, 0.3) is 0 Å². The second-order valence-electron chi connectivity index (χ2n) is 5.94. The predicted molar refractivity (Wildman–Crippen MR) is 111 cm³/mol. The Balaban J connectivity index is 0.000000241. The Hall–Kier alpha value is -3.37. The summed E-state index contributed by atoms with van der Waals surface area (Å²) in [5, 5.41) is 41.0. The topological polar surface area (TPSA) is 161 Å². The number of phenols is 2. The molecule has 0 heterocycles. The van der Waals surface area contributed by atoms with Crippen molar-refractivity contribution < 1.29 is 34.9 Å². The van der Waals surface area contributed by atoms with Crippen LogP contribution in [-0.2, 0) is 0 Å². The SMILES string of the molecule is Nc1ccccc1.O=C1c2ccccc2C(=O)c2c(O)c(Cl)cc(O)c21.OB(O)O. The molecule has 0 fully saturated rings. The summed E-state index contributed by atoms with van der Waals surface area (Å²) in [5.41, 5.74) is 6.13. The minimum Gasteiger partial charge on any atom is -0.507 e. The van der Waals surface area contributed by atoms with Crippen LogP contribution in [-0.4, -0.2) is 44.2 Å². The molecule has 0 aromatic heterocycles. The number of nitrogen functional groups attached to an aromatic ring is 1. The smallest absolute Gasteiger partial charge is 0.507 e. The minimum atomic E-state index is -2.17. The number of carbonyl (C=O) groups excluding carboxylic acids is 2. The molecule has 0 amide bonds. The fourth-order valence-electron chi connectivity index (χ4n) is 2.68. The van der Waals surface area contributed by atoms with Crippen LogP contribution in [0.1, 0.15) is 31.8 Å². The van der Waals surface area contributed by atoms with Gasteiger partial charge in [-0.1, -0.05) is 54.1 Å². The van der Waals surface area contributed by atoms with Crippen molar-refractivity contribution in [3.63, 3.8) is 0 Å². The molecule has 3 aromatic rings. The van der Waals surface area contributed by atoms with Gasteiger partial charge in [0.05, 0.1) is 16.1 Å². The summed E-state index contributed by atoms with van der Waals surface area (Å²) in [6, 6.07) is 16.8. The average molecular weight is 430 g/mol. The zero-order chi connectivity index (χ0) is 22.4. The summed E-state index contributed by atoms with van der Waals surface area (Å²) in [6.45, 7) is 0. The second-order valence-corrected chi connectivity index (χ2v) is 6.34. The first-order valence-electron chi connectivity index (χ1n) is 8.42. The molecule has 0 radical (unpaired) electrons. The third-order valence-corrected chi connectivity index (χ3v) is 4.19. The van der Waals surface area contributed by atoms with Crippen LogP contribution in [0.4, 0.5) is 5.69 Å². The van der Waals surface area contributed by atoms with Gasteiger partial charge in [0, 0.05) is 22.9 Å². The van der Waals surface area contributed by atoms with E-state index in [4.69, 9.17) is 32.4 Å². The molecule has 8 nitrogen and oxygen atoms in total. The minimum absolute atomic E-state index is 0.170. The third-order valence-electron chi connectivity index (χ3n) is 3.90. The largest absolute Gasteiger partial charge is 0.631 e. The van der Waals surface area contributed by atoms with Gasteiger partial charge < -0.3 is 31.0 Å². The van der Waals surface area contributed by atoms with Crippen molar-refractivity contribution in [2.45, 2.75) is 0 Å².